The maximum atomic E-state index is 5.45. The fraction of sp³-hybridized carbons (Fsp3) is 0.600. The van der Waals surface area contributed by atoms with Crippen LogP contribution in [-0.2, 0) is 6.42 Å². The van der Waals surface area contributed by atoms with E-state index < -0.39 is 0 Å². The van der Waals surface area contributed by atoms with Crippen LogP contribution in [0, 0.1) is 0 Å². The summed E-state index contributed by atoms with van der Waals surface area (Å²) in [6.07, 6.45) is 2.39. The monoisotopic (exact) mass is 248 g/mol. The first-order valence-corrected chi connectivity index (χ1v) is 6.92. The lowest BCUT2D eigenvalue weighted by Gasteiger charge is -2.23. The number of hydrogen-bond acceptors (Lipinski definition) is 3. The van der Waals surface area contributed by atoms with E-state index in [9.17, 15) is 0 Å². The van der Waals surface area contributed by atoms with Crippen LogP contribution in [0.15, 0.2) is 24.3 Å². The van der Waals surface area contributed by atoms with Gasteiger partial charge in [-0.25, -0.2) is 0 Å². The molecule has 2 rings (SSSR count). The minimum Gasteiger partial charge on any atom is -0.494 e. The Morgan fingerprint density at radius 1 is 1.33 bits per heavy atom. The standard InChI is InChI=1S/C15H24N2O/c1-3-18-15-6-4-13(5-7-15)9-11-17(2)14-8-10-16-12-14/h4-7,14,16H,3,8-12H2,1-2H3. The lowest BCUT2D eigenvalue weighted by Crippen LogP contribution is -2.34. The van der Waals surface area contributed by atoms with E-state index in [1.165, 1.54) is 12.0 Å². The Hall–Kier alpha value is -1.06. The number of hydrogen-bond donors (Lipinski definition) is 1. The van der Waals surface area contributed by atoms with E-state index in [0.717, 1.165) is 38.4 Å². The molecule has 1 unspecified atom stereocenters. The number of rotatable bonds is 6. The average Bonchev–Trinajstić information content (AvgIpc) is 2.92. The van der Waals surface area contributed by atoms with Crippen molar-refractivity contribution in [2.75, 3.05) is 33.3 Å². The fourth-order valence-corrected chi connectivity index (χ4v) is 2.42. The van der Waals surface area contributed by atoms with Gasteiger partial charge in [0, 0.05) is 19.1 Å². The van der Waals surface area contributed by atoms with Gasteiger partial charge >= 0.3 is 0 Å². The summed E-state index contributed by atoms with van der Waals surface area (Å²) in [5.41, 5.74) is 1.39. The van der Waals surface area contributed by atoms with Crippen LogP contribution in [-0.4, -0.2) is 44.2 Å². The van der Waals surface area contributed by atoms with Crippen molar-refractivity contribution in [3.05, 3.63) is 29.8 Å². The van der Waals surface area contributed by atoms with E-state index in [-0.39, 0.29) is 0 Å². The molecule has 0 radical (unpaired) electrons. The minimum absolute atomic E-state index is 0.715. The molecule has 1 atom stereocenters. The lowest BCUT2D eigenvalue weighted by molar-refractivity contribution is 0.260. The van der Waals surface area contributed by atoms with Crippen LogP contribution in [0.1, 0.15) is 18.9 Å². The molecular weight excluding hydrogens is 224 g/mol. The summed E-state index contributed by atoms with van der Waals surface area (Å²) in [5.74, 6) is 0.967. The van der Waals surface area contributed by atoms with Crippen molar-refractivity contribution in [1.82, 2.24) is 10.2 Å². The molecule has 1 aromatic rings. The highest BCUT2D eigenvalue weighted by Gasteiger charge is 2.18. The van der Waals surface area contributed by atoms with Crippen LogP contribution < -0.4 is 10.1 Å². The first-order valence-electron chi connectivity index (χ1n) is 6.92. The first-order chi connectivity index (χ1) is 8.79. The van der Waals surface area contributed by atoms with Gasteiger partial charge in [0.2, 0.25) is 0 Å². The van der Waals surface area contributed by atoms with Crippen LogP contribution in [0.5, 0.6) is 5.75 Å². The smallest absolute Gasteiger partial charge is 0.119 e. The van der Waals surface area contributed by atoms with Crippen LogP contribution in [0.2, 0.25) is 0 Å². The van der Waals surface area contributed by atoms with Gasteiger partial charge in [-0.05, 0) is 51.1 Å². The van der Waals surface area contributed by atoms with Crippen molar-refractivity contribution in [3.63, 3.8) is 0 Å². The molecule has 18 heavy (non-hydrogen) atoms. The van der Waals surface area contributed by atoms with E-state index in [4.69, 9.17) is 4.74 Å². The summed E-state index contributed by atoms with van der Waals surface area (Å²) < 4.78 is 5.45. The maximum Gasteiger partial charge on any atom is 0.119 e. The minimum atomic E-state index is 0.715. The number of likely N-dealkylation sites (N-methyl/N-ethyl adjacent to an activating group) is 1. The topological polar surface area (TPSA) is 24.5 Å². The second-order valence-electron chi connectivity index (χ2n) is 4.95. The van der Waals surface area contributed by atoms with Gasteiger partial charge in [0.25, 0.3) is 0 Å². The predicted molar refractivity (Wildman–Crippen MR) is 75.2 cm³/mol. The quantitative estimate of drug-likeness (QED) is 0.832. The Morgan fingerprint density at radius 2 is 2.11 bits per heavy atom. The Bertz CT molecular complexity index is 344. The Morgan fingerprint density at radius 3 is 2.72 bits per heavy atom. The van der Waals surface area contributed by atoms with Crippen molar-refractivity contribution in [2.45, 2.75) is 25.8 Å². The highest BCUT2D eigenvalue weighted by atomic mass is 16.5. The van der Waals surface area contributed by atoms with E-state index in [2.05, 4.69) is 41.5 Å². The second-order valence-corrected chi connectivity index (χ2v) is 4.95. The Balaban J connectivity index is 1.78. The van der Waals surface area contributed by atoms with E-state index in [1.54, 1.807) is 0 Å². The van der Waals surface area contributed by atoms with Crippen LogP contribution in [0.25, 0.3) is 0 Å². The largest absolute Gasteiger partial charge is 0.494 e. The summed E-state index contributed by atoms with van der Waals surface area (Å²) in [4.78, 5) is 2.47. The summed E-state index contributed by atoms with van der Waals surface area (Å²) in [7, 11) is 2.23. The van der Waals surface area contributed by atoms with Crippen molar-refractivity contribution in [3.8, 4) is 5.75 Å². The lowest BCUT2D eigenvalue weighted by atomic mass is 10.1. The molecular formula is C15H24N2O. The molecule has 1 aromatic carbocycles. The van der Waals surface area contributed by atoms with Crippen molar-refractivity contribution in [1.29, 1.82) is 0 Å². The Labute approximate surface area is 110 Å². The number of nitrogens with one attached hydrogen (secondary N) is 1. The zero-order chi connectivity index (χ0) is 12.8. The maximum absolute atomic E-state index is 5.45. The zero-order valence-electron chi connectivity index (χ0n) is 11.5. The molecule has 0 spiro atoms. The van der Waals surface area contributed by atoms with Crippen LogP contribution >= 0.6 is 0 Å². The molecule has 3 heteroatoms. The van der Waals surface area contributed by atoms with Gasteiger partial charge in [-0.15, -0.1) is 0 Å². The normalized spacial score (nSPS) is 19.4. The molecule has 1 heterocycles. The van der Waals surface area contributed by atoms with Gasteiger partial charge in [-0.3, -0.25) is 0 Å². The molecule has 0 amide bonds. The Kier molecular flexibility index (Phi) is 5.02. The van der Waals surface area contributed by atoms with Gasteiger partial charge < -0.3 is 15.0 Å². The van der Waals surface area contributed by atoms with Gasteiger partial charge in [0.15, 0.2) is 0 Å². The number of benzene rings is 1. The third-order valence-corrected chi connectivity index (χ3v) is 3.65. The van der Waals surface area contributed by atoms with E-state index >= 15 is 0 Å². The van der Waals surface area contributed by atoms with Crippen LogP contribution in [0.3, 0.4) is 0 Å². The average molecular weight is 248 g/mol. The van der Waals surface area contributed by atoms with Crippen molar-refractivity contribution < 1.29 is 4.74 Å². The highest BCUT2D eigenvalue weighted by Crippen LogP contribution is 2.13. The van der Waals surface area contributed by atoms with E-state index in [0.29, 0.717) is 6.04 Å². The van der Waals surface area contributed by atoms with Crippen LogP contribution in [0.4, 0.5) is 0 Å². The third kappa shape index (κ3) is 3.72. The molecule has 0 bridgehead atoms. The first kappa shape index (κ1) is 13.4. The molecule has 1 saturated heterocycles. The molecule has 0 aromatic heterocycles. The van der Waals surface area contributed by atoms with Gasteiger partial charge in [0.1, 0.15) is 5.75 Å². The summed E-state index contributed by atoms with van der Waals surface area (Å²) in [6, 6.07) is 9.19. The fourth-order valence-electron chi connectivity index (χ4n) is 2.42. The van der Waals surface area contributed by atoms with Crippen molar-refractivity contribution >= 4 is 0 Å². The third-order valence-electron chi connectivity index (χ3n) is 3.65. The molecule has 0 aliphatic carbocycles. The molecule has 1 aliphatic rings. The zero-order valence-corrected chi connectivity index (χ0v) is 11.5. The molecule has 100 valence electrons. The summed E-state index contributed by atoms with van der Waals surface area (Å²) in [6.45, 7) is 6.17. The number of nitrogens with zero attached hydrogens (tertiary/aromatic N) is 1. The van der Waals surface area contributed by atoms with E-state index in [1.807, 2.05) is 6.92 Å². The molecule has 1 N–H and O–H groups in total. The van der Waals surface area contributed by atoms with Gasteiger partial charge in [-0.2, -0.15) is 0 Å². The molecule has 0 saturated carbocycles. The number of ether oxygens (including phenoxy) is 1. The predicted octanol–water partition coefficient (Wildman–Crippen LogP) is 1.92. The molecule has 1 fully saturated rings. The molecule has 1 aliphatic heterocycles. The molecule has 3 nitrogen and oxygen atoms in total. The SMILES string of the molecule is CCOc1ccc(CCN(C)C2CCNC2)cc1. The van der Waals surface area contributed by atoms with Gasteiger partial charge in [-0.1, -0.05) is 12.1 Å². The summed E-state index contributed by atoms with van der Waals surface area (Å²) >= 11 is 0. The van der Waals surface area contributed by atoms with Crippen molar-refractivity contribution in [2.24, 2.45) is 0 Å². The highest BCUT2D eigenvalue weighted by molar-refractivity contribution is 5.27. The summed E-state index contributed by atoms with van der Waals surface area (Å²) in [5, 5.41) is 3.41. The second kappa shape index (κ2) is 6.76. The van der Waals surface area contributed by atoms with Gasteiger partial charge in [0.05, 0.1) is 6.61 Å².